The molecule has 2 aromatic rings. The molecule has 0 aliphatic heterocycles. The topological polar surface area (TPSA) is 55.4 Å². The van der Waals surface area contributed by atoms with Gasteiger partial charge in [-0.2, -0.15) is 0 Å². The fourth-order valence-electron chi connectivity index (χ4n) is 1.98. The van der Waals surface area contributed by atoms with Crippen LogP contribution in [0, 0.1) is 5.82 Å². The SMILES string of the molecule is CCCOC(=O)c1ccc(NC(=O)/C=C/c2c(F)cccc2Cl)cc1. The second-order valence-electron chi connectivity index (χ2n) is 5.17. The van der Waals surface area contributed by atoms with Gasteiger partial charge in [-0.1, -0.05) is 24.6 Å². The lowest BCUT2D eigenvalue weighted by Gasteiger charge is -2.05. The van der Waals surface area contributed by atoms with Crippen LogP contribution in [0.5, 0.6) is 0 Å². The first-order valence-corrected chi connectivity index (χ1v) is 8.09. The first-order valence-electron chi connectivity index (χ1n) is 7.71. The molecule has 0 unspecified atom stereocenters. The van der Waals surface area contributed by atoms with Gasteiger partial charge in [0.25, 0.3) is 0 Å². The molecule has 130 valence electrons. The van der Waals surface area contributed by atoms with Crippen LogP contribution in [0.25, 0.3) is 6.08 Å². The third-order valence-electron chi connectivity index (χ3n) is 3.23. The Labute approximate surface area is 150 Å². The molecule has 0 atom stereocenters. The summed E-state index contributed by atoms with van der Waals surface area (Å²) in [6.45, 7) is 2.27. The molecule has 0 heterocycles. The number of carbonyl (C=O) groups excluding carboxylic acids is 2. The third-order valence-corrected chi connectivity index (χ3v) is 3.56. The second-order valence-corrected chi connectivity index (χ2v) is 5.58. The van der Waals surface area contributed by atoms with Crippen LogP contribution < -0.4 is 5.32 Å². The Morgan fingerprint density at radius 1 is 1.20 bits per heavy atom. The highest BCUT2D eigenvalue weighted by Gasteiger charge is 2.07. The van der Waals surface area contributed by atoms with E-state index in [0.717, 1.165) is 6.42 Å². The van der Waals surface area contributed by atoms with Crippen molar-refractivity contribution in [1.29, 1.82) is 0 Å². The minimum absolute atomic E-state index is 0.147. The van der Waals surface area contributed by atoms with Gasteiger partial charge in [-0.3, -0.25) is 4.79 Å². The molecule has 1 N–H and O–H groups in total. The Hall–Kier alpha value is -2.66. The van der Waals surface area contributed by atoms with E-state index in [0.29, 0.717) is 17.9 Å². The number of nitrogens with one attached hydrogen (secondary N) is 1. The van der Waals surface area contributed by atoms with Crippen molar-refractivity contribution >= 4 is 35.2 Å². The second kappa shape index (κ2) is 8.99. The average molecular weight is 362 g/mol. The first kappa shape index (κ1) is 18.7. The molecule has 0 aliphatic carbocycles. The summed E-state index contributed by atoms with van der Waals surface area (Å²) in [6, 6.07) is 10.6. The Morgan fingerprint density at radius 2 is 1.92 bits per heavy atom. The Bertz CT molecular complexity index is 768. The molecule has 2 aromatic carbocycles. The number of rotatable bonds is 6. The summed E-state index contributed by atoms with van der Waals surface area (Å²) in [5.74, 6) is -1.36. The molecule has 2 rings (SSSR count). The molecule has 0 saturated heterocycles. The predicted molar refractivity (Wildman–Crippen MR) is 96.1 cm³/mol. The summed E-state index contributed by atoms with van der Waals surface area (Å²) < 4.78 is 18.6. The molecule has 0 radical (unpaired) electrons. The number of amides is 1. The van der Waals surface area contributed by atoms with Crippen LogP contribution in [0.4, 0.5) is 10.1 Å². The first-order chi connectivity index (χ1) is 12.0. The van der Waals surface area contributed by atoms with E-state index in [2.05, 4.69) is 5.32 Å². The van der Waals surface area contributed by atoms with Crippen LogP contribution in [0.15, 0.2) is 48.5 Å². The van der Waals surface area contributed by atoms with Crippen molar-refractivity contribution in [3.63, 3.8) is 0 Å². The smallest absolute Gasteiger partial charge is 0.338 e. The average Bonchev–Trinajstić information content (AvgIpc) is 2.60. The van der Waals surface area contributed by atoms with Crippen molar-refractivity contribution in [2.24, 2.45) is 0 Å². The Morgan fingerprint density at radius 3 is 2.56 bits per heavy atom. The number of benzene rings is 2. The van der Waals surface area contributed by atoms with Gasteiger partial charge in [-0.15, -0.1) is 0 Å². The lowest BCUT2D eigenvalue weighted by molar-refractivity contribution is -0.111. The van der Waals surface area contributed by atoms with Crippen LogP contribution >= 0.6 is 11.6 Å². The molecular weight excluding hydrogens is 345 g/mol. The van der Waals surface area contributed by atoms with E-state index in [1.165, 1.54) is 24.3 Å². The predicted octanol–water partition coefficient (Wildman–Crippen LogP) is 4.70. The zero-order valence-electron chi connectivity index (χ0n) is 13.6. The number of hydrogen-bond acceptors (Lipinski definition) is 3. The third kappa shape index (κ3) is 5.43. The fourth-order valence-corrected chi connectivity index (χ4v) is 2.21. The van der Waals surface area contributed by atoms with Gasteiger partial charge < -0.3 is 10.1 Å². The number of carbonyl (C=O) groups is 2. The van der Waals surface area contributed by atoms with Crippen molar-refractivity contribution < 1.29 is 18.7 Å². The van der Waals surface area contributed by atoms with Gasteiger partial charge in [-0.25, -0.2) is 9.18 Å². The van der Waals surface area contributed by atoms with Crippen LogP contribution in [-0.2, 0) is 9.53 Å². The van der Waals surface area contributed by atoms with Gasteiger partial charge in [0.05, 0.1) is 17.2 Å². The van der Waals surface area contributed by atoms with E-state index in [9.17, 15) is 14.0 Å². The summed E-state index contributed by atoms with van der Waals surface area (Å²) in [5, 5.41) is 2.84. The van der Waals surface area contributed by atoms with Crippen LogP contribution in [-0.4, -0.2) is 18.5 Å². The zero-order chi connectivity index (χ0) is 18.2. The summed E-state index contributed by atoms with van der Waals surface area (Å²) in [4.78, 5) is 23.6. The molecule has 0 aromatic heterocycles. The van der Waals surface area contributed by atoms with E-state index in [1.54, 1.807) is 30.3 Å². The van der Waals surface area contributed by atoms with E-state index < -0.39 is 17.7 Å². The lowest BCUT2D eigenvalue weighted by atomic mass is 10.2. The van der Waals surface area contributed by atoms with Crippen LogP contribution in [0.1, 0.15) is 29.3 Å². The van der Waals surface area contributed by atoms with Gasteiger partial charge in [0.2, 0.25) is 5.91 Å². The standard InChI is InChI=1S/C19H17ClFNO3/c1-2-12-25-19(24)13-6-8-14(9-7-13)22-18(23)11-10-15-16(20)4-3-5-17(15)21/h3-11H,2,12H2,1H3,(H,22,23)/b11-10+. The number of hydrogen-bond donors (Lipinski definition) is 1. The van der Waals surface area contributed by atoms with Crippen molar-refractivity contribution in [2.45, 2.75) is 13.3 Å². The molecule has 0 aliphatic rings. The molecule has 25 heavy (non-hydrogen) atoms. The van der Waals surface area contributed by atoms with E-state index in [4.69, 9.17) is 16.3 Å². The van der Waals surface area contributed by atoms with Crippen molar-refractivity contribution in [2.75, 3.05) is 11.9 Å². The van der Waals surface area contributed by atoms with Crippen LogP contribution in [0.3, 0.4) is 0 Å². The summed E-state index contributed by atoms with van der Waals surface area (Å²) in [6.07, 6.45) is 3.25. The molecule has 0 fully saturated rings. The maximum Gasteiger partial charge on any atom is 0.338 e. The molecule has 0 spiro atoms. The van der Waals surface area contributed by atoms with Crippen molar-refractivity contribution in [3.05, 3.63) is 70.5 Å². The fraction of sp³-hybridized carbons (Fsp3) is 0.158. The highest BCUT2D eigenvalue weighted by atomic mass is 35.5. The van der Waals surface area contributed by atoms with Gasteiger partial charge in [-0.05, 0) is 48.9 Å². The van der Waals surface area contributed by atoms with E-state index >= 15 is 0 Å². The monoisotopic (exact) mass is 361 g/mol. The molecule has 6 heteroatoms. The number of halogens is 2. The number of ether oxygens (including phenoxy) is 1. The minimum Gasteiger partial charge on any atom is -0.462 e. The normalized spacial score (nSPS) is 10.7. The van der Waals surface area contributed by atoms with Gasteiger partial charge in [0.15, 0.2) is 0 Å². The maximum atomic E-state index is 13.6. The van der Waals surface area contributed by atoms with E-state index in [-0.39, 0.29) is 10.6 Å². The Kier molecular flexibility index (Phi) is 6.71. The molecular formula is C19H17ClFNO3. The highest BCUT2D eigenvalue weighted by Crippen LogP contribution is 2.20. The summed E-state index contributed by atoms with van der Waals surface area (Å²) in [5.41, 5.74) is 1.05. The lowest BCUT2D eigenvalue weighted by Crippen LogP contribution is -2.09. The molecule has 1 amide bonds. The summed E-state index contributed by atoms with van der Waals surface area (Å²) in [7, 11) is 0. The van der Waals surface area contributed by atoms with Gasteiger partial charge >= 0.3 is 5.97 Å². The molecule has 0 bridgehead atoms. The molecule has 0 saturated carbocycles. The van der Waals surface area contributed by atoms with Gasteiger partial charge in [0.1, 0.15) is 5.82 Å². The van der Waals surface area contributed by atoms with Crippen molar-refractivity contribution in [3.8, 4) is 0 Å². The Balaban J connectivity index is 1.99. The quantitative estimate of drug-likeness (QED) is 0.599. The highest BCUT2D eigenvalue weighted by molar-refractivity contribution is 6.32. The molecule has 4 nitrogen and oxygen atoms in total. The summed E-state index contributed by atoms with van der Waals surface area (Å²) >= 11 is 5.89. The zero-order valence-corrected chi connectivity index (χ0v) is 14.3. The number of esters is 1. The minimum atomic E-state index is -0.508. The van der Waals surface area contributed by atoms with Crippen LogP contribution in [0.2, 0.25) is 5.02 Å². The number of anilines is 1. The van der Waals surface area contributed by atoms with Crippen molar-refractivity contribution in [1.82, 2.24) is 0 Å². The van der Waals surface area contributed by atoms with E-state index in [1.807, 2.05) is 6.92 Å². The maximum absolute atomic E-state index is 13.6. The van der Waals surface area contributed by atoms with Gasteiger partial charge in [0, 0.05) is 17.3 Å². The largest absolute Gasteiger partial charge is 0.462 e.